The predicted octanol–water partition coefficient (Wildman–Crippen LogP) is 1.94. The van der Waals surface area contributed by atoms with Crippen molar-refractivity contribution in [2.75, 3.05) is 0 Å². The molecule has 0 saturated carbocycles. The van der Waals surface area contributed by atoms with E-state index in [2.05, 4.69) is 4.74 Å². The molecule has 2 rings (SSSR count). The summed E-state index contributed by atoms with van der Waals surface area (Å²) in [5, 5.41) is 0. The van der Waals surface area contributed by atoms with Crippen LogP contribution in [0.15, 0.2) is 24.3 Å². The summed E-state index contributed by atoms with van der Waals surface area (Å²) in [7, 11) is 0. The fraction of sp³-hybridized carbons (Fsp3) is 0.333. The molecule has 0 spiro atoms. The minimum absolute atomic E-state index is 0.275. The summed E-state index contributed by atoms with van der Waals surface area (Å²) in [6, 6.07) is 7.74. The summed E-state index contributed by atoms with van der Waals surface area (Å²) >= 11 is 0. The maximum atomic E-state index is 11.4. The molecule has 1 saturated heterocycles. The lowest BCUT2D eigenvalue weighted by Gasteiger charge is -2.19. The van der Waals surface area contributed by atoms with Crippen LogP contribution in [0, 0.1) is 6.92 Å². The molecule has 3 heteroatoms. The summed E-state index contributed by atoms with van der Waals surface area (Å²) in [6.45, 7) is 1.99. The highest BCUT2D eigenvalue weighted by Gasteiger charge is 2.29. The van der Waals surface area contributed by atoms with E-state index in [1.165, 1.54) is 0 Å². The average Bonchev–Trinajstić information content (AvgIpc) is 2.20. The average molecular weight is 204 g/mol. The van der Waals surface area contributed by atoms with Crippen LogP contribution in [0.2, 0.25) is 0 Å². The van der Waals surface area contributed by atoms with Crippen LogP contribution in [0.5, 0.6) is 0 Å². The number of esters is 2. The van der Waals surface area contributed by atoms with E-state index in [9.17, 15) is 9.59 Å². The third kappa shape index (κ3) is 2.06. The van der Waals surface area contributed by atoms with E-state index in [4.69, 9.17) is 0 Å². The van der Waals surface area contributed by atoms with E-state index in [0.29, 0.717) is 12.8 Å². The van der Waals surface area contributed by atoms with Crippen LogP contribution in [-0.2, 0) is 14.3 Å². The Bertz CT molecular complexity index is 392. The van der Waals surface area contributed by atoms with Crippen molar-refractivity contribution in [1.82, 2.24) is 0 Å². The van der Waals surface area contributed by atoms with Gasteiger partial charge >= 0.3 is 11.9 Å². The lowest BCUT2D eigenvalue weighted by molar-refractivity contribution is -0.164. The van der Waals surface area contributed by atoms with Gasteiger partial charge in [-0.25, -0.2) is 0 Å². The van der Waals surface area contributed by atoms with Gasteiger partial charge < -0.3 is 4.74 Å². The van der Waals surface area contributed by atoms with Crippen molar-refractivity contribution in [3.8, 4) is 0 Å². The fourth-order valence-corrected chi connectivity index (χ4v) is 1.72. The molecule has 1 aromatic carbocycles. The number of carbonyl (C=O) groups excluding carboxylic acids is 2. The summed E-state index contributed by atoms with van der Waals surface area (Å²) in [5.74, 6) is -1.11. The van der Waals surface area contributed by atoms with Gasteiger partial charge in [-0.05, 0) is 18.9 Å². The van der Waals surface area contributed by atoms with Gasteiger partial charge in [-0.2, -0.15) is 0 Å². The van der Waals surface area contributed by atoms with Gasteiger partial charge in [-0.1, -0.05) is 29.8 Å². The molecule has 1 heterocycles. The standard InChI is InChI=1S/C12H12O3/c1-8-2-4-9(5-3-8)10-6-7-11(13)15-12(10)14/h2-5,10H,6-7H2,1H3. The monoisotopic (exact) mass is 204 g/mol. The van der Waals surface area contributed by atoms with Gasteiger partial charge in [0.15, 0.2) is 0 Å². The van der Waals surface area contributed by atoms with Crippen LogP contribution >= 0.6 is 0 Å². The highest BCUT2D eigenvalue weighted by Crippen LogP contribution is 2.27. The Labute approximate surface area is 88.1 Å². The van der Waals surface area contributed by atoms with E-state index >= 15 is 0 Å². The van der Waals surface area contributed by atoms with Crippen molar-refractivity contribution >= 4 is 11.9 Å². The van der Waals surface area contributed by atoms with E-state index in [-0.39, 0.29) is 5.92 Å². The largest absolute Gasteiger partial charge is 0.393 e. The minimum atomic E-state index is -0.421. The number of carbonyl (C=O) groups is 2. The first kappa shape index (κ1) is 9.90. The van der Waals surface area contributed by atoms with Gasteiger partial charge in [0.1, 0.15) is 0 Å². The maximum Gasteiger partial charge on any atom is 0.321 e. The molecule has 1 aliphatic heterocycles. The van der Waals surface area contributed by atoms with Crippen LogP contribution < -0.4 is 0 Å². The molecular weight excluding hydrogens is 192 g/mol. The zero-order valence-electron chi connectivity index (χ0n) is 8.53. The summed E-state index contributed by atoms with van der Waals surface area (Å²) in [4.78, 5) is 22.3. The SMILES string of the molecule is Cc1ccc(C2CCC(=O)OC2=O)cc1. The topological polar surface area (TPSA) is 43.4 Å². The van der Waals surface area contributed by atoms with Crippen molar-refractivity contribution in [3.63, 3.8) is 0 Å². The Morgan fingerprint density at radius 2 is 1.87 bits per heavy atom. The van der Waals surface area contributed by atoms with Crippen LogP contribution in [0.1, 0.15) is 29.9 Å². The minimum Gasteiger partial charge on any atom is -0.393 e. The second-order valence-electron chi connectivity index (χ2n) is 3.80. The zero-order chi connectivity index (χ0) is 10.8. The van der Waals surface area contributed by atoms with Gasteiger partial charge in [0, 0.05) is 6.42 Å². The number of aryl methyl sites for hydroxylation is 1. The normalized spacial score (nSPS) is 21.3. The second kappa shape index (κ2) is 3.85. The highest BCUT2D eigenvalue weighted by atomic mass is 16.6. The molecule has 3 nitrogen and oxygen atoms in total. The van der Waals surface area contributed by atoms with E-state index in [0.717, 1.165) is 11.1 Å². The third-order valence-electron chi connectivity index (χ3n) is 2.62. The summed E-state index contributed by atoms with van der Waals surface area (Å²) in [6.07, 6.45) is 0.880. The molecule has 1 fully saturated rings. The van der Waals surface area contributed by atoms with Crippen molar-refractivity contribution in [1.29, 1.82) is 0 Å². The number of benzene rings is 1. The molecule has 0 aliphatic carbocycles. The van der Waals surface area contributed by atoms with E-state index < -0.39 is 11.9 Å². The van der Waals surface area contributed by atoms with Crippen molar-refractivity contribution in [2.24, 2.45) is 0 Å². The van der Waals surface area contributed by atoms with Gasteiger partial charge in [0.25, 0.3) is 0 Å². The zero-order valence-corrected chi connectivity index (χ0v) is 8.53. The number of hydrogen-bond acceptors (Lipinski definition) is 3. The Kier molecular flexibility index (Phi) is 2.54. The van der Waals surface area contributed by atoms with Crippen molar-refractivity contribution < 1.29 is 14.3 Å². The van der Waals surface area contributed by atoms with Crippen LogP contribution in [0.3, 0.4) is 0 Å². The van der Waals surface area contributed by atoms with E-state index in [1.54, 1.807) is 0 Å². The lowest BCUT2D eigenvalue weighted by Crippen LogP contribution is -2.26. The van der Waals surface area contributed by atoms with Crippen LogP contribution in [-0.4, -0.2) is 11.9 Å². The maximum absolute atomic E-state index is 11.4. The molecule has 0 amide bonds. The molecule has 1 unspecified atom stereocenters. The summed E-state index contributed by atoms with van der Waals surface area (Å²) in [5.41, 5.74) is 2.08. The molecule has 0 aromatic heterocycles. The number of cyclic esters (lactones) is 2. The van der Waals surface area contributed by atoms with Gasteiger partial charge in [-0.15, -0.1) is 0 Å². The molecule has 1 atom stereocenters. The number of ether oxygens (including phenoxy) is 1. The van der Waals surface area contributed by atoms with Crippen molar-refractivity contribution in [3.05, 3.63) is 35.4 Å². The van der Waals surface area contributed by atoms with Gasteiger partial charge in [0.2, 0.25) is 0 Å². The Balaban J connectivity index is 2.20. The molecule has 0 bridgehead atoms. The number of rotatable bonds is 1. The molecule has 0 N–H and O–H groups in total. The first-order valence-electron chi connectivity index (χ1n) is 4.98. The summed E-state index contributed by atoms with van der Waals surface area (Å²) < 4.78 is 4.61. The lowest BCUT2D eigenvalue weighted by atomic mass is 9.92. The van der Waals surface area contributed by atoms with Crippen LogP contribution in [0.25, 0.3) is 0 Å². The van der Waals surface area contributed by atoms with Crippen LogP contribution in [0.4, 0.5) is 0 Å². The second-order valence-corrected chi connectivity index (χ2v) is 3.80. The smallest absolute Gasteiger partial charge is 0.321 e. The number of hydrogen-bond donors (Lipinski definition) is 0. The molecule has 1 aromatic rings. The van der Waals surface area contributed by atoms with Gasteiger partial charge in [-0.3, -0.25) is 9.59 Å². The Hall–Kier alpha value is -1.64. The molecule has 15 heavy (non-hydrogen) atoms. The molecule has 78 valence electrons. The first-order chi connectivity index (χ1) is 7.16. The molecule has 0 radical (unpaired) electrons. The Morgan fingerprint density at radius 3 is 2.47 bits per heavy atom. The quantitative estimate of drug-likeness (QED) is 0.518. The third-order valence-corrected chi connectivity index (χ3v) is 2.62. The molecule has 1 aliphatic rings. The van der Waals surface area contributed by atoms with Gasteiger partial charge in [0.05, 0.1) is 5.92 Å². The fourth-order valence-electron chi connectivity index (χ4n) is 1.72. The highest BCUT2D eigenvalue weighted by molar-refractivity contribution is 5.92. The van der Waals surface area contributed by atoms with E-state index in [1.807, 2.05) is 31.2 Å². The first-order valence-corrected chi connectivity index (χ1v) is 4.98. The predicted molar refractivity (Wildman–Crippen MR) is 54.3 cm³/mol. The Morgan fingerprint density at radius 1 is 1.20 bits per heavy atom. The van der Waals surface area contributed by atoms with Crippen molar-refractivity contribution in [2.45, 2.75) is 25.7 Å². The molecular formula is C12H12O3.